The van der Waals surface area contributed by atoms with Gasteiger partial charge < -0.3 is 9.64 Å². The molecular formula is C8H15NO2. The van der Waals surface area contributed by atoms with Gasteiger partial charge in [-0.05, 0) is 19.4 Å². The minimum atomic E-state index is 0.176. The monoisotopic (exact) mass is 157 g/mol. The van der Waals surface area contributed by atoms with Crippen LogP contribution in [0.4, 0.5) is 0 Å². The Labute approximate surface area is 67.3 Å². The van der Waals surface area contributed by atoms with Crippen LogP contribution in [0.2, 0.25) is 0 Å². The lowest BCUT2D eigenvalue weighted by Gasteiger charge is -2.29. The molecule has 0 spiro atoms. The Balaban J connectivity index is 2.18. The van der Waals surface area contributed by atoms with E-state index in [0.29, 0.717) is 6.47 Å². The zero-order valence-corrected chi connectivity index (χ0v) is 6.95. The van der Waals surface area contributed by atoms with Crippen LogP contribution >= 0.6 is 0 Å². The summed E-state index contributed by atoms with van der Waals surface area (Å²) in [5.41, 5.74) is 0. The van der Waals surface area contributed by atoms with Crippen molar-refractivity contribution in [1.29, 1.82) is 0 Å². The molecule has 1 fully saturated rings. The highest BCUT2D eigenvalue weighted by Crippen LogP contribution is 2.11. The van der Waals surface area contributed by atoms with Crippen molar-refractivity contribution >= 4 is 6.47 Å². The summed E-state index contributed by atoms with van der Waals surface area (Å²) in [6.45, 7) is 5.95. The van der Waals surface area contributed by atoms with Gasteiger partial charge in [0.25, 0.3) is 6.47 Å². The molecule has 64 valence electrons. The molecule has 0 amide bonds. The lowest BCUT2D eigenvalue weighted by atomic mass is 10.1. The zero-order chi connectivity index (χ0) is 8.10. The molecule has 0 atom stereocenters. The average Bonchev–Trinajstić information content (AvgIpc) is 2.07. The highest BCUT2D eigenvalue weighted by atomic mass is 16.5. The quantitative estimate of drug-likeness (QED) is 0.563. The average molecular weight is 157 g/mol. The second-order valence-electron chi connectivity index (χ2n) is 2.87. The van der Waals surface area contributed by atoms with E-state index in [-0.39, 0.29) is 6.10 Å². The maximum Gasteiger partial charge on any atom is 0.293 e. The molecular weight excluding hydrogens is 142 g/mol. The highest BCUT2D eigenvalue weighted by molar-refractivity contribution is 5.37. The lowest BCUT2D eigenvalue weighted by molar-refractivity contribution is -0.135. The summed E-state index contributed by atoms with van der Waals surface area (Å²) in [6, 6.07) is 0. The minimum Gasteiger partial charge on any atom is -0.464 e. The smallest absolute Gasteiger partial charge is 0.293 e. The second-order valence-corrected chi connectivity index (χ2v) is 2.87. The van der Waals surface area contributed by atoms with Crippen molar-refractivity contribution in [3.63, 3.8) is 0 Å². The van der Waals surface area contributed by atoms with Crippen LogP contribution in [0.25, 0.3) is 0 Å². The molecule has 0 aromatic carbocycles. The second kappa shape index (κ2) is 4.34. The predicted octanol–water partition coefficient (Wildman–Crippen LogP) is 0.644. The van der Waals surface area contributed by atoms with Crippen LogP contribution in [0.3, 0.4) is 0 Å². The number of nitrogens with zero attached hydrogens (tertiary/aromatic N) is 1. The van der Waals surface area contributed by atoms with Crippen molar-refractivity contribution in [2.45, 2.75) is 25.9 Å². The fourth-order valence-electron chi connectivity index (χ4n) is 1.44. The number of ether oxygens (including phenoxy) is 1. The third kappa shape index (κ3) is 2.50. The number of carbonyl (C=O) groups excluding carboxylic acids is 1. The van der Waals surface area contributed by atoms with E-state index < -0.39 is 0 Å². The van der Waals surface area contributed by atoms with E-state index in [1.807, 2.05) is 0 Å². The van der Waals surface area contributed by atoms with E-state index >= 15 is 0 Å². The third-order valence-electron chi connectivity index (χ3n) is 2.23. The van der Waals surface area contributed by atoms with Gasteiger partial charge in [0.05, 0.1) is 0 Å². The van der Waals surface area contributed by atoms with Gasteiger partial charge in [0.1, 0.15) is 6.10 Å². The third-order valence-corrected chi connectivity index (χ3v) is 2.23. The summed E-state index contributed by atoms with van der Waals surface area (Å²) in [5.74, 6) is 0. The first kappa shape index (κ1) is 8.53. The molecule has 0 N–H and O–H groups in total. The SMILES string of the molecule is CCN1CCC(OC=O)CC1. The minimum absolute atomic E-state index is 0.176. The Bertz CT molecular complexity index is 119. The molecule has 1 heterocycles. The molecule has 3 nitrogen and oxygen atoms in total. The standard InChI is InChI=1S/C8H15NO2/c1-2-9-5-3-8(4-6-9)11-7-10/h7-8H,2-6H2,1H3. The number of hydrogen-bond donors (Lipinski definition) is 0. The van der Waals surface area contributed by atoms with Gasteiger partial charge in [-0.2, -0.15) is 0 Å². The highest BCUT2D eigenvalue weighted by Gasteiger charge is 2.17. The van der Waals surface area contributed by atoms with E-state index in [9.17, 15) is 4.79 Å². The Morgan fingerprint density at radius 3 is 2.64 bits per heavy atom. The molecule has 11 heavy (non-hydrogen) atoms. The van der Waals surface area contributed by atoms with E-state index in [0.717, 1.165) is 32.5 Å². The van der Waals surface area contributed by atoms with Crippen molar-refractivity contribution in [1.82, 2.24) is 4.90 Å². The number of piperidine rings is 1. The molecule has 0 unspecified atom stereocenters. The maximum atomic E-state index is 9.99. The van der Waals surface area contributed by atoms with Crippen LogP contribution < -0.4 is 0 Å². The van der Waals surface area contributed by atoms with Gasteiger partial charge in [0.2, 0.25) is 0 Å². The van der Waals surface area contributed by atoms with Crippen molar-refractivity contribution in [3.8, 4) is 0 Å². The first-order valence-corrected chi connectivity index (χ1v) is 4.18. The van der Waals surface area contributed by atoms with Crippen LogP contribution in [0.15, 0.2) is 0 Å². The summed E-state index contributed by atoms with van der Waals surface area (Å²) >= 11 is 0. The molecule has 3 heteroatoms. The molecule has 1 aliphatic heterocycles. The van der Waals surface area contributed by atoms with Crippen molar-refractivity contribution in [2.75, 3.05) is 19.6 Å². The van der Waals surface area contributed by atoms with E-state index in [2.05, 4.69) is 11.8 Å². The van der Waals surface area contributed by atoms with Gasteiger partial charge in [-0.15, -0.1) is 0 Å². The molecule has 0 bridgehead atoms. The van der Waals surface area contributed by atoms with Crippen LogP contribution in [-0.4, -0.2) is 37.1 Å². The molecule has 1 saturated heterocycles. The first-order chi connectivity index (χ1) is 5.36. The summed E-state index contributed by atoms with van der Waals surface area (Å²) in [5, 5.41) is 0. The van der Waals surface area contributed by atoms with E-state index in [1.165, 1.54) is 0 Å². The molecule has 0 radical (unpaired) electrons. The van der Waals surface area contributed by atoms with Gasteiger partial charge in [0, 0.05) is 13.1 Å². The summed E-state index contributed by atoms with van der Waals surface area (Å²) in [7, 11) is 0. The summed E-state index contributed by atoms with van der Waals surface area (Å²) < 4.78 is 4.87. The number of hydrogen-bond acceptors (Lipinski definition) is 3. The maximum absolute atomic E-state index is 9.99. The number of carbonyl (C=O) groups is 1. The van der Waals surface area contributed by atoms with Crippen LogP contribution in [0.5, 0.6) is 0 Å². The first-order valence-electron chi connectivity index (χ1n) is 4.18. The van der Waals surface area contributed by atoms with Gasteiger partial charge in [0.15, 0.2) is 0 Å². The van der Waals surface area contributed by atoms with Gasteiger partial charge in [-0.1, -0.05) is 6.92 Å². The van der Waals surface area contributed by atoms with Gasteiger partial charge in [-0.3, -0.25) is 4.79 Å². The molecule has 0 aromatic rings. The lowest BCUT2D eigenvalue weighted by Crippen LogP contribution is -2.36. The van der Waals surface area contributed by atoms with Crippen LogP contribution in [-0.2, 0) is 9.53 Å². The zero-order valence-electron chi connectivity index (χ0n) is 6.95. The number of rotatable bonds is 3. The van der Waals surface area contributed by atoms with Crippen LogP contribution in [0.1, 0.15) is 19.8 Å². The van der Waals surface area contributed by atoms with Crippen molar-refractivity contribution in [3.05, 3.63) is 0 Å². The number of likely N-dealkylation sites (tertiary alicyclic amines) is 1. The molecule has 1 rings (SSSR count). The Hall–Kier alpha value is -0.570. The Kier molecular flexibility index (Phi) is 3.36. The van der Waals surface area contributed by atoms with Crippen molar-refractivity contribution in [2.24, 2.45) is 0 Å². The summed E-state index contributed by atoms with van der Waals surface area (Å²) in [4.78, 5) is 12.4. The fraction of sp³-hybridized carbons (Fsp3) is 0.875. The van der Waals surface area contributed by atoms with E-state index in [1.54, 1.807) is 0 Å². The summed E-state index contributed by atoms with van der Waals surface area (Å²) in [6.07, 6.45) is 2.16. The molecule has 0 aromatic heterocycles. The molecule has 1 aliphatic rings. The topological polar surface area (TPSA) is 29.5 Å². The molecule has 0 saturated carbocycles. The van der Waals surface area contributed by atoms with Gasteiger partial charge >= 0.3 is 0 Å². The fourth-order valence-corrected chi connectivity index (χ4v) is 1.44. The predicted molar refractivity (Wildman–Crippen MR) is 42.3 cm³/mol. The normalized spacial score (nSPS) is 21.5. The molecule has 0 aliphatic carbocycles. The van der Waals surface area contributed by atoms with Crippen LogP contribution in [0, 0.1) is 0 Å². The van der Waals surface area contributed by atoms with Gasteiger partial charge in [-0.25, -0.2) is 0 Å². The van der Waals surface area contributed by atoms with Crippen molar-refractivity contribution < 1.29 is 9.53 Å². The Morgan fingerprint density at radius 1 is 1.55 bits per heavy atom. The Morgan fingerprint density at radius 2 is 2.18 bits per heavy atom. The largest absolute Gasteiger partial charge is 0.464 e. The van der Waals surface area contributed by atoms with E-state index in [4.69, 9.17) is 4.74 Å².